The average Bonchev–Trinajstić information content (AvgIpc) is 2.30. The van der Waals surface area contributed by atoms with Gasteiger partial charge in [0.2, 0.25) is 0 Å². The van der Waals surface area contributed by atoms with Gasteiger partial charge in [0.1, 0.15) is 0 Å². The molecular formula is C16H24BrCl. The van der Waals surface area contributed by atoms with Gasteiger partial charge in [-0.05, 0) is 54.7 Å². The summed E-state index contributed by atoms with van der Waals surface area (Å²) in [4.78, 5) is 0. The van der Waals surface area contributed by atoms with Crippen LogP contribution in [-0.2, 0) is 6.42 Å². The van der Waals surface area contributed by atoms with Crippen molar-refractivity contribution in [2.45, 2.75) is 40.0 Å². The van der Waals surface area contributed by atoms with Gasteiger partial charge in [-0.3, -0.25) is 0 Å². The van der Waals surface area contributed by atoms with E-state index in [-0.39, 0.29) is 0 Å². The highest BCUT2D eigenvalue weighted by atomic mass is 79.9. The molecule has 1 aromatic carbocycles. The SMILES string of the molecule is CC(C)CC(C)CC(CCl)Cc1ccc(Br)cc1. The number of hydrogen-bond donors (Lipinski definition) is 0. The molecule has 0 aliphatic carbocycles. The maximum absolute atomic E-state index is 6.12. The molecule has 0 aliphatic rings. The molecule has 0 N–H and O–H groups in total. The number of benzene rings is 1. The van der Waals surface area contributed by atoms with Crippen LogP contribution in [0.5, 0.6) is 0 Å². The van der Waals surface area contributed by atoms with E-state index in [1.165, 1.54) is 18.4 Å². The van der Waals surface area contributed by atoms with Gasteiger partial charge in [-0.25, -0.2) is 0 Å². The second-order valence-electron chi connectivity index (χ2n) is 5.82. The molecule has 0 nitrogen and oxygen atoms in total. The van der Waals surface area contributed by atoms with E-state index in [9.17, 15) is 0 Å². The van der Waals surface area contributed by atoms with Crippen molar-refractivity contribution in [2.24, 2.45) is 17.8 Å². The molecule has 0 aromatic heterocycles. The largest absolute Gasteiger partial charge is 0.126 e. The van der Waals surface area contributed by atoms with Gasteiger partial charge >= 0.3 is 0 Å². The fourth-order valence-electron chi connectivity index (χ4n) is 2.62. The van der Waals surface area contributed by atoms with Crippen LogP contribution in [0.25, 0.3) is 0 Å². The summed E-state index contributed by atoms with van der Waals surface area (Å²) in [5, 5.41) is 0. The van der Waals surface area contributed by atoms with Crippen molar-refractivity contribution in [1.82, 2.24) is 0 Å². The molecule has 0 spiro atoms. The summed E-state index contributed by atoms with van der Waals surface area (Å²) in [5.41, 5.74) is 1.39. The lowest BCUT2D eigenvalue weighted by atomic mass is 9.87. The molecular weight excluding hydrogens is 308 g/mol. The van der Waals surface area contributed by atoms with Gasteiger partial charge in [-0.15, -0.1) is 11.6 Å². The Bertz CT molecular complexity index is 331. The summed E-state index contributed by atoms with van der Waals surface area (Å²) in [7, 11) is 0. The standard InChI is InChI=1S/C16H24BrCl/c1-12(2)8-13(3)9-15(11-18)10-14-4-6-16(17)7-5-14/h4-7,12-13,15H,8-11H2,1-3H3. The summed E-state index contributed by atoms with van der Waals surface area (Å²) in [6.45, 7) is 6.93. The predicted molar refractivity (Wildman–Crippen MR) is 85.3 cm³/mol. The van der Waals surface area contributed by atoms with Gasteiger partial charge in [0, 0.05) is 10.4 Å². The van der Waals surface area contributed by atoms with Crippen LogP contribution in [0.15, 0.2) is 28.7 Å². The monoisotopic (exact) mass is 330 g/mol. The molecule has 102 valence electrons. The van der Waals surface area contributed by atoms with Gasteiger partial charge < -0.3 is 0 Å². The second kappa shape index (κ2) is 8.22. The first-order chi connectivity index (χ1) is 8.51. The minimum absolute atomic E-state index is 0.599. The Morgan fingerprint density at radius 1 is 1.06 bits per heavy atom. The summed E-state index contributed by atoms with van der Waals surface area (Å²) in [6.07, 6.45) is 3.63. The third-order valence-corrected chi connectivity index (χ3v) is 4.23. The lowest BCUT2D eigenvalue weighted by molar-refractivity contribution is 0.356. The van der Waals surface area contributed by atoms with Crippen LogP contribution >= 0.6 is 27.5 Å². The van der Waals surface area contributed by atoms with Gasteiger partial charge in [0.05, 0.1) is 0 Å². The molecule has 1 rings (SSSR count). The first-order valence-corrected chi connectivity index (χ1v) is 8.14. The zero-order valence-corrected chi connectivity index (χ0v) is 14.0. The van der Waals surface area contributed by atoms with Crippen molar-refractivity contribution in [3.05, 3.63) is 34.3 Å². The summed E-state index contributed by atoms with van der Waals surface area (Å²) < 4.78 is 1.14. The number of rotatable bonds is 7. The molecule has 0 heterocycles. The Kier molecular flexibility index (Phi) is 7.33. The van der Waals surface area contributed by atoms with E-state index in [1.807, 2.05) is 0 Å². The zero-order chi connectivity index (χ0) is 13.5. The molecule has 0 saturated carbocycles. The lowest BCUT2D eigenvalue weighted by Crippen LogP contribution is -2.12. The van der Waals surface area contributed by atoms with Crippen LogP contribution in [0.1, 0.15) is 39.2 Å². The molecule has 0 fully saturated rings. The van der Waals surface area contributed by atoms with Crippen molar-refractivity contribution < 1.29 is 0 Å². The van der Waals surface area contributed by atoms with Gasteiger partial charge in [-0.2, -0.15) is 0 Å². The molecule has 0 bridgehead atoms. The van der Waals surface area contributed by atoms with Crippen LogP contribution < -0.4 is 0 Å². The van der Waals surface area contributed by atoms with E-state index in [0.717, 1.165) is 28.6 Å². The Balaban J connectivity index is 2.48. The van der Waals surface area contributed by atoms with E-state index in [2.05, 4.69) is 61.0 Å². The molecule has 2 heteroatoms. The molecule has 18 heavy (non-hydrogen) atoms. The highest BCUT2D eigenvalue weighted by Crippen LogP contribution is 2.24. The molecule has 0 saturated heterocycles. The van der Waals surface area contributed by atoms with E-state index >= 15 is 0 Å². The van der Waals surface area contributed by atoms with E-state index in [1.54, 1.807) is 0 Å². The van der Waals surface area contributed by atoms with Crippen LogP contribution in [0.3, 0.4) is 0 Å². The minimum atomic E-state index is 0.599. The highest BCUT2D eigenvalue weighted by molar-refractivity contribution is 9.10. The van der Waals surface area contributed by atoms with Gasteiger partial charge in [0.15, 0.2) is 0 Å². The smallest absolute Gasteiger partial charge is 0.0255 e. The quantitative estimate of drug-likeness (QED) is 0.544. The van der Waals surface area contributed by atoms with Crippen molar-refractivity contribution in [2.75, 3.05) is 5.88 Å². The van der Waals surface area contributed by atoms with E-state index in [4.69, 9.17) is 11.6 Å². The normalized spacial score (nSPS) is 14.8. The first kappa shape index (κ1) is 16.0. The molecule has 0 amide bonds. The van der Waals surface area contributed by atoms with E-state index in [0.29, 0.717) is 5.92 Å². The topological polar surface area (TPSA) is 0 Å². The van der Waals surface area contributed by atoms with E-state index < -0.39 is 0 Å². The number of alkyl halides is 1. The first-order valence-electron chi connectivity index (χ1n) is 6.81. The summed E-state index contributed by atoms with van der Waals surface area (Å²) in [6, 6.07) is 8.60. The van der Waals surface area contributed by atoms with Gasteiger partial charge in [-0.1, -0.05) is 48.8 Å². The predicted octanol–water partition coefficient (Wildman–Crippen LogP) is 5.92. The Morgan fingerprint density at radius 3 is 2.17 bits per heavy atom. The molecule has 0 aliphatic heterocycles. The molecule has 2 unspecified atom stereocenters. The Hall–Kier alpha value is -0.0100. The fourth-order valence-corrected chi connectivity index (χ4v) is 3.12. The molecule has 2 atom stereocenters. The third-order valence-electron chi connectivity index (χ3n) is 3.27. The van der Waals surface area contributed by atoms with Crippen molar-refractivity contribution in [3.8, 4) is 0 Å². The minimum Gasteiger partial charge on any atom is -0.126 e. The Morgan fingerprint density at radius 2 is 1.67 bits per heavy atom. The number of hydrogen-bond acceptors (Lipinski definition) is 0. The van der Waals surface area contributed by atoms with Crippen molar-refractivity contribution in [1.29, 1.82) is 0 Å². The van der Waals surface area contributed by atoms with Crippen molar-refractivity contribution >= 4 is 27.5 Å². The Labute approximate surface area is 125 Å². The average molecular weight is 332 g/mol. The summed E-state index contributed by atoms with van der Waals surface area (Å²) >= 11 is 9.59. The molecule has 1 aromatic rings. The van der Waals surface area contributed by atoms with Crippen LogP contribution in [-0.4, -0.2) is 5.88 Å². The second-order valence-corrected chi connectivity index (χ2v) is 7.05. The fraction of sp³-hybridized carbons (Fsp3) is 0.625. The van der Waals surface area contributed by atoms with Crippen molar-refractivity contribution in [3.63, 3.8) is 0 Å². The van der Waals surface area contributed by atoms with Crippen LogP contribution in [0.4, 0.5) is 0 Å². The lowest BCUT2D eigenvalue weighted by Gasteiger charge is -2.20. The number of halogens is 2. The van der Waals surface area contributed by atoms with Crippen LogP contribution in [0, 0.1) is 17.8 Å². The van der Waals surface area contributed by atoms with Crippen LogP contribution in [0.2, 0.25) is 0 Å². The highest BCUT2D eigenvalue weighted by Gasteiger charge is 2.14. The molecule has 0 radical (unpaired) electrons. The summed E-state index contributed by atoms with van der Waals surface area (Å²) in [5.74, 6) is 2.91. The zero-order valence-electron chi connectivity index (χ0n) is 11.6. The van der Waals surface area contributed by atoms with Gasteiger partial charge in [0.25, 0.3) is 0 Å². The maximum atomic E-state index is 6.12. The maximum Gasteiger partial charge on any atom is 0.0255 e. The third kappa shape index (κ3) is 6.24.